The molecule has 0 bridgehead atoms. The Morgan fingerprint density at radius 2 is 2.06 bits per heavy atom. The van der Waals surface area contributed by atoms with Crippen LogP contribution in [-0.4, -0.2) is 17.7 Å². The zero-order valence-electron chi connectivity index (χ0n) is 9.14. The van der Waals surface area contributed by atoms with Crippen LogP contribution in [0.3, 0.4) is 0 Å². The zero-order valence-corrected chi connectivity index (χ0v) is 9.14. The second kappa shape index (κ2) is 5.72. The molecular weight excluding hydrogens is 217 g/mol. The molecule has 0 amide bonds. The number of hydrogen-bond acceptors (Lipinski definition) is 2. The monoisotopic (exact) mass is 232 g/mol. The summed E-state index contributed by atoms with van der Waals surface area (Å²) < 4.78 is 35.5. The number of pyridine rings is 1. The molecule has 90 valence electrons. The van der Waals surface area contributed by atoms with Gasteiger partial charge in [-0.1, -0.05) is 0 Å². The van der Waals surface area contributed by atoms with Crippen molar-refractivity contribution in [2.75, 3.05) is 11.9 Å². The second-order valence-corrected chi connectivity index (χ2v) is 3.68. The number of nitrogens with one attached hydrogen (secondary N) is 1. The van der Waals surface area contributed by atoms with E-state index < -0.39 is 12.6 Å². The molecule has 1 N–H and O–H groups in total. The predicted molar refractivity (Wildman–Crippen MR) is 57.4 cm³/mol. The molecule has 0 fully saturated rings. The van der Waals surface area contributed by atoms with Crippen LogP contribution in [0.5, 0.6) is 0 Å². The first kappa shape index (κ1) is 12.8. The first-order chi connectivity index (χ1) is 7.47. The van der Waals surface area contributed by atoms with E-state index in [0.29, 0.717) is 13.0 Å². The first-order valence-electron chi connectivity index (χ1n) is 5.21. The molecule has 1 heterocycles. The number of rotatable bonds is 5. The summed E-state index contributed by atoms with van der Waals surface area (Å²) in [5.74, 6) is 0. The largest absolute Gasteiger partial charge is 0.389 e. The maximum atomic E-state index is 11.8. The average Bonchev–Trinajstić information content (AvgIpc) is 2.15. The lowest BCUT2D eigenvalue weighted by molar-refractivity contribution is -0.135. The van der Waals surface area contributed by atoms with Crippen LogP contribution in [-0.2, 0) is 0 Å². The van der Waals surface area contributed by atoms with Gasteiger partial charge < -0.3 is 5.32 Å². The fourth-order valence-corrected chi connectivity index (χ4v) is 1.34. The molecule has 0 aliphatic heterocycles. The van der Waals surface area contributed by atoms with Gasteiger partial charge in [0.1, 0.15) is 0 Å². The van der Waals surface area contributed by atoms with Crippen molar-refractivity contribution in [3.05, 3.63) is 24.0 Å². The van der Waals surface area contributed by atoms with Crippen LogP contribution in [0.1, 0.15) is 25.0 Å². The van der Waals surface area contributed by atoms with E-state index in [4.69, 9.17) is 0 Å². The number of unbranched alkanes of at least 4 members (excludes halogenated alkanes) is 1. The van der Waals surface area contributed by atoms with Gasteiger partial charge in [0.2, 0.25) is 0 Å². The molecule has 0 saturated heterocycles. The summed E-state index contributed by atoms with van der Waals surface area (Å²) in [4.78, 5) is 4.03. The van der Waals surface area contributed by atoms with E-state index in [-0.39, 0.29) is 6.42 Å². The van der Waals surface area contributed by atoms with E-state index in [1.807, 2.05) is 13.0 Å². The van der Waals surface area contributed by atoms with Gasteiger partial charge in [-0.15, -0.1) is 0 Å². The standard InChI is InChI=1S/C11H15F3N2/c1-9-8-10(4-7-15-9)16-6-3-2-5-11(12,13)14/h4,7-8H,2-3,5-6H2,1H3,(H,15,16). The maximum absolute atomic E-state index is 11.8. The maximum Gasteiger partial charge on any atom is 0.389 e. The van der Waals surface area contributed by atoms with E-state index in [0.717, 1.165) is 11.4 Å². The van der Waals surface area contributed by atoms with E-state index in [9.17, 15) is 13.2 Å². The summed E-state index contributed by atoms with van der Waals surface area (Å²) in [5.41, 5.74) is 1.79. The molecule has 0 atom stereocenters. The lowest BCUT2D eigenvalue weighted by atomic mass is 10.2. The Morgan fingerprint density at radius 1 is 1.31 bits per heavy atom. The van der Waals surface area contributed by atoms with Crippen molar-refractivity contribution in [1.29, 1.82) is 0 Å². The van der Waals surface area contributed by atoms with E-state index in [1.54, 1.807) is 12.3 Å². The normalized spacial score (nSPS) is 11.5. The van der Waals surface area contributed by atoms with Crippen LogP contribution in [0.15, 0.2) is 18.3 Å². The summed E-state index contributed by atoms with van der Waals surface area (Å²) in [6.07, 6.45) is -2.38. The number of aromatic nitrogens is 1. The third-order valence-corrected chi connectivity index (χ3v) is 2.11. The highest BCUT2D eigenvalue weighted by Gasteiger charge is 2.25. The summed E-state index contributed by atoms with van der Waals surface area (Å²) in [5, 5.41) is 3.06. The summed E-state index contributed by atoms with van der Waals surface area (Å²) >= 11 is 0. The van der Waals surface area contributed by atoms with Crippen molar-refractivity contribution in [2.45, 2.75) is 32.4 Å². The summed E-state index contributed by atoms with van der Waals surface area (Å²) in [7, 11) is 0. The lowest BCUT2D eigenvalue weighted by Gasteiger charge is -2.08. The number of nitrogens with zero attached hydrogens (tertiary/aromatic N) is 1. The molecule has 0 aliphatic rings. The van der Waals surface area contributed by atoms with Crippen molar-refractivity contribution in [2.24, 2.45) is 0 Å². The van der Waals surface area contributed by atoms with Crippen LogP contribution < -0.4 is 5.32 Å². The third-order valence-electron chi connectivity index (χ3n) is 2.11. The van der Waals surface area contributed by atoms with Gasteiger partial charge in [0.25, 0.3) is 0 Å². The molecule has 16 heavy (non-hydrogen) atoms. The van der Waals surface area contributed by atoms with Crippen LogP contribution >= 0.6 is 0 Å². The van der Waals surface area contributed by atoms with Gasteiger partial charge in [-0.2, -0.15) is 13.2 Å². The molecule has 0 aromatic carbocycles. The second-order valence-electron chi connectivity index (χ2n) is 3.68. The molecule has 1 rings (SSSR count). The highest BCUT2D eigenvalue weighted by molar-refractivity contribution is 5.42. The van der Waals surface area contributed by atoms with Gasteiger partial charge in [0, 0.05) is 30.5 Å². The molecule has 0 spiro atoms. The van der Waals surface area contributed by atoms with Gasteiger partial charge in [-0.3, -0.25) is 4.98 Å². The Balaban J connectivity index is 2.17. The Hall–Kier alpha value is -1.26. The van der Waals surface area contributed by atoms with Gasteiger partial charge in [-0.05, 0) is 31.9 Å². The van der Waals surface area contributed by atoms with Gasteiger partial charge >= 0.3 is 6.18 Å². The number of alkyl halides is 3. The molecule has 1 aromatic rings. The number of aryl methyl sites for hydroxylation is 1. The van der Waals surface area contributed by atoms with Crippen molar-refractivity contribution in [3.8, 4) is 0 Å². The van der Waals surface area contributed by atoms with Crippen LogP contribution in [0.4, 0.5) is 18.9 Å². The molecule has 5 heteroatoms. The number of hydrogen-bond donors (Lipinski definition) is 1. The Labute approximate surface area is 92.9 Å². The molecule has 0 aliphatic carbocycles. The fourth-order valence-electron chi connectivity index (χ4n) is 1.34. The average molecular weight is 232 g/mol. The van der Waals surface area contributed by atoms with Gasteiger partial charge in [0.05, 0.1) is 0 Å². The highest BCUT2D eigenvalue weighted by Crippen LogP contribution is 2.22. The molecule has 0 radical (unpaired) electrons. The Bertz CT molecular complexity index is 323. The van der Waals surface area contributed by atoms with Gasteiger partial charge in [0.15, 0.2) is 0 Å². The fraction of sp³-hybridized carbons (Fsp3) is 0.545. The minimum absolute atomic E-state index is 0.167. The molecule has 0 unspecified atom stereocenters. The van der Waals surface area contributed by atoms with Crippen LogP contribution in [0.25, 0.3) is 0 Å². The Kier molecular flexibility index (Phi) is 4.58. The number of anilines is 1. The molecule has 2 nitrogen and oxygen atoms in total. The van der Waals surface area contributed by atoms with Crippen LogP contribution in [0, 0.1) is 6.92 Å². The quantitative estimate of drug-likeness (QED) is 0.785. The smallest absolute Gasteiger partial charge is 0.385 e. The number of halogens is 3. The topological polar surface area (TPSA) is 24.9 Å². The molecular formula is C11H15F3N2. The van der Waals surface area contributed by atoms with E-state index in [1.165, 1.54) is 0 Å². The Morgan fingerprint density at radius 3 is 2.69 bits per heavy atom. The van der Waals surface area contributed by atoms with Crippen LogP contribution in [0.2, 0.25) is 0 Å². The van der Waals surface area contributed by atoms with Crippen molar-refractivity contribution in [3.63, 3.8) is 0 Å². The minimum Gasteiger partial charge on any atom is -0.385 e. The van der Waals surface area contributed by atoms with Gasteiger partial charge in [-0.25, -0.2) is 0 Å². The van der Waals surface area contributed by atoms with Crippen molar-refractivity contribution in [1.82, 2.24) is 4.98 Å². The highest BCUT2D eigenvalue weighted by atomic mass is 19.4. The first-order valence-corrected chi connectivity index (χ1v) is 5.21. The van der Waals surface area contributed by atoms with Crippen molar-refractivity contribution < 1.29 is 13.2 Å². The minimum atomic E-state index is -4.03. The molecule has 1 aromatic heterocycles. The lowest BCUT2D eigenvalue weighted by Crippen LogP contribution is -2.08. The molecule has 0 saturated carbocycles. The summed E-state index contributed by atoms with van der Waals surface area (Å²) in [6.45, 7) is 2.42. The van der Waals surface area contributed by atoms with E-state index >= 15 is 0 Å². The zero-order chi connectivity index (χ0) is 12.0. The van der Waals surface area contributed by atoms with Crippen molar-refractivity contribution >= 4 is 5.69 Å². The predicted octanol–water partition coefficient (Wildman–Crippen LogP) is 3.53. The third kappa shape index (κ3) is 5.58. The van der Waals surface area contributed by atoms with E-state index in [2.05, 4.69) is 10.3 Å². The SMILES string of the molecule is Cc1cc(NCCCCC(F)(F)F)ccn1. The summed E-state index contributed by atoms with van der Waals surface area (Å²) in [6, 6.07) is 3.67.